The Morgan fingerprint density at radius 2 is 2.18 bits per heavy atom. The van der Waals surface area contributed by atoms with E-state index >= 15 is 0 Å². The first-order valence-corrected chi connectivity index (χ1v) is 3.28. The predicted octanol–water partition coefficient (Wildman–Crippen LogP) is 1.40. The average Bonchev–Trinajstić information content (AvgIpc) is 1.85. The fourth-order valence-corrected chi connectivity index (χ4v) is 0.920. The molecule has 0 aromatic carbocycles. The maximum Gasteiger partial charge on any atom is 0.337 e. The Morgan fingerprint density at radius 3 is 2.64 bits per heavy atom. The minimum Gasteiger partial charge on any atom is -0.478 e. The van der Waals surface area contributed by atoms with Crippen molar-refractivity contribution in [3.63, 3.8) is 0 Å². The highest BCUT2D eigenvalue weighted by Crippen LogP contribution is 2.06. The molecule has 0 aliphatic heterocycles. The van der Waals surface area contributed by atoms with E-state index in [-0.39, 0.29) is 5.56 Å². The average molecular weight is 151 g/mol. The highest BCUT2D eigenvalue weighted by Gasteiger charge is 2.05. The summed E-state index contributed by atoms with van der Waals surface area (Å²) in [6, 6.07) is 1.75. The molecule has 0 fully saturated rings. The monoisotopic (exact) mass is 151 g/mol. The van der Waals surface area contributed by atoms with Crippen LogP contribution in [-0.4, -0.2) is 16.1 Å². The number of pyridine rings is 1. The number of carboxylic acids is 1. The van der Waals surface area contributed by atoms with Gasteiger partial charge in [-0.1, -0.05) is 0 Å². The molecular formula is C8H9NO2. The lowest BCUT2D eigenvalue weighted by molar-refractivity contribution is 0.0695. The van der Waals surface area contributed by atoms with Crippen molar-refractivity contribution >= 4 is 5.97 Å². The third-order valence-electron chi connectivity index (χ3n) is 1.48. The van der Waals surface area contributed by atoms with Gasteiger partial charge in [0.2, 0.25) is 0 Å². The zero-order valence-electron chi connectivity index (χ0n) is 6.46. The van der Waals surface area contributed by atoms with Crippen LogP contribution in [0.2, 0.25) is 0 Å². The van der Waals surface area contributed by atoms with E-state index < -0.39 is 5.97 Å². The summed E-state index contributed by atoms with van der Waals surface area (Å²) in [6.07, 6.45) is 1.38. The second-order valence-corrected chi connectivity index (χ2v) is 2.45. The van der Waals surface area contributed by atoms with E-state index in [1.807, 2.05) is 6.92 Å². The van der Waals surface area contributed by atoms with Crippen LogP contribution in [0, 0.1) is 13.8 Å². The summed E-state index contributed by atoms with van der Waals surface area (Å²) in [5.74, 6) is -0.921. The molecule has 0 radical (unpaired) electrons. The van der Waals surface area contributed by atoms with E-state index in [1.54, 1.807) is 13.0 Å². The van der Waals surface area contributed by atoms with Crippen molar-refractivity contribution < 1.29 is 9.90 Å². The minimum atomic E-state index is -0.921. The smallest absolute Gasteiger partial charge is 0.337 e. The molecule has 0 unspecified atom stereocenters. The third-order valence-corrected chi connectivity index (χ3v) is 1.48. The van der Waals surface area contributed by atoms with Crippen LogP contribution in [-0.2, 0) is 0 Å². The Kier molecular flexibility index (Phi) is 1.89. The molecule has 0 saturated heterocycles. The van der Waals surface area contributed by atoms with E-state index in [1.165, 1.54) is 6.20 Å². The lowest BCUT2D eigenvalue weighted by Gasteiger charge is -1.99. The second-order valence-electron chi connectivity index (χ2n) is 2.45. The summed E-state index contributed by atoms with van der Waals surface area (Å²) in [5, 5.41) is 8.62. The van der Waals surface area contributed by atoms with Crippen LogP contribution >= 0.6 is 0 Å². The fraction of sp³-hybridized carbons (Fsp3) is 0.250. The molecule has 0 saturated carbocycles. The van der Waals surface area contributed by atoms with Crippen molar-refractivity contribution in [3.05, 3.63) is 29.1 Å². The number of hydrogen-bond acceptors (Lipinski definition) is 2. The van der Waals surface area contributed by atoms with E-state index in [9.17, 15) is 4.79 Å². The van der Waals surface area contributed by atoms with Crippen molar-refractivity contribution in [1.29, 1.82) is 0 Å². The molecule has 1 rings (SSSR count). The minimum absolute atomic E-state index is 0.274. The SMILES string of the molecule is Cc1cc(C)c(C(=O)O)cn1. The number of aromatic carboxylic acids is 1. The van der Waals surface area contributed by atoms with Crippen molar-refractivity contribution in [2.24, 2.45) is 0 Å². The zero-order valence-corrected chi connectivity index (χ0v) is 6.46. The molecule has 0 aliphatic rings. The van der Waals surface area contributed by atoms with Gasteiger partial charge in [0.1, 0.15) is 0 Å². The molecular weight excluding hydrogens is 142 g/mol. The molecule has 58 valence electrons. The molecule has 11 heavy (non-hydrogen) atoms. The maximum atomic E-state index is 10.5. The Balaban J connectivity index is 3.20. The van der Waals surface area contributed by atoms with Crippen molar-refractivity contribution in [2.45, 2.75) is 13.8 Å². The van der Waals surface area contributed by atoms with Crippen LogP contribution in [0.25, 0.3) is 0 Å². The maximum absolute atomic E-state index is 10.5. The molecule has 0 amide bonds. The summed E-state index contributed by atoms with van der Waals surface area (Å²) in [7, 11) is 0. The van der Waals surface area contributed by atoms with Crippen molar-refractivity contribution in [2.75, 3.05) is 0 Å². The molecule has 0 spiro atoms. The van der Waals surface area contributed by atoms with Gasteiger partial charge < -0.3 is 5.11 Å². The fourth-order valence-electron chi connectivity index (χ4n) is 0.920. The van der Waals surface area contributed by atoms with Gasteiger partial charge in [-0.05, 0) is 25.5 Å². The highest BCUT2D eigenvalue weighted by molar-refractivity contribution is 5.88. The predicted molar refractivity (Wildman–Crippen MR) is 40.7 cm³/mol. The number of aryl methyl sites for hydroxylation is 2. The second kappa shape index (κ2) is 2.70. The van der Waals surface area contributed by atoms with E-state index in [4.69, 9.17) is 5.11 Å². The van der Waals surface area contributed by atoms with Crippen LogP contribution in [0.3, 0.4) is 0 Å². The number of aromatic nitrogens is 1. The summed E-state index contributed by atoms with van der Waals surface area (Å²) >= 11 is 0. The summed E-state index contributed by atoms with van der Waals surface area (Å²) in [5.41, 5.74) is 1.87. The van der Waals surface area contributed by atoms with E-state index in [0.717, 1.165) is 11.3 Å². The first-order chi connectivity index (χ1) is 5.11. The zero-order chi connectivity index (χ0) is 8.43. The number of hydrogen-bond donors (Lipinski definition) is 1. The van der Waals surface area contributed by atoms with Gasteiger partial charge in [-0.25, -0.2) is 4.79 Å². The van der Waals surface area contributed by atoms with Gasteiger partial charge in [0.15, 0.2) is 0 Å². The first-order valence-electron chi connectivity index (χ1n) is 3.28. The Hall–Kier alpha value is -1.38. The Morgan fingerprint density at radius 1 is 1.55 bits per heavy atom. The number of rotatable bonds is 1. The summed E-state index contributed by atoms with van der Waals surface area (Å²) in [6.45, 7) is 3.59. The van der Waals surface area contributed by atoms with Gasteiger partial charge in [-0.3, -0.25) is 4.98 Å². The van der Waals surface area contributed by atoms with Crippen LogP contribution in [0.4, 0.5) is 0 Å². The number of nitrogens with zero attached hydrogens (tertiary/aromatic N) is 1. The lowest BCUT2D eigenvalue weighted by Crippen LogP contribution is -2.00. The van der Waals surface area contributed by atoms with Gasteiger partial charge in [0, 0.05) is 11.9 Å². The topological polar surface area (TPSA) is 50.2 Å². The van der Waals surface area contributed by atoms with Crippen LogP contribution < -0.4 is 0 Å². The molecule has 0 atom stereocenters. The van der Waals surface area contributed by atoms with Crippen molar-refractivity contribution in [1.82, 2.24) is 4.98 Å². The van der Waals surface area contributed by atoms with Gasteiger partial charge in [-0.15, -0.1) is 0 Å². The van der Waals surface area contributed by atoms with Gasteiger partial charge in [0.25, 0.3) is 0 Å². The van der Waals surface area contributed by atoms with Crippen molar-refractivity contribution in [3.8, 4) is 0 Å². The van der Waals surface area contributed by atoms with Crippen LogP contribution in [0.5, 0.6) is 0 Å². The van der Waals surface area contributed by atoms with E-state index in [2.05, 4.69) is 4.98 Å². The Bertz CT molecular complexity index is 294. The molecule has 3 heteroatoms. The number of carbonyl (C=O) groups is 1. The highest BCUT2D eigenvalue weighted by atomic mass is 16.4. The van der Waals surface area contributed by atoms with Gasteiger partial charge in [-0.2, -0.15) is 0 Å². The Labute approximate surface area is 64.7 Å². The van der Waals surface area contributed by atoms with Gasteiger partial charge >= 0.3 is 5.97 Å². The third kappa shape index (κ3) is 1.55. The normalized spacial score (nSPS) is 9.64. The molecule has 1 heterocycles. The standard InChI is InChI=1S/C8H9NO2/c1-5-3-6(2)9-4-7(5)8(10)11/h3-4H,1-2H3,(H,10,11). The number of carboxylic acid groups (broad SMARTS) is 1. The largest absolute Gasteiger partial charge is 0.478 e. The molecule has 3 nitrogen and oxygen atoms in total. The van der Waals surface area contributed by atoms with E-state index in [0.29, 0.717) is 0 Å². The van der Waals surface area contributed by atoms with Crippen LogP contribution in [0.15, 0.2) is 12.3 Å². The quantitative estimate of drug-likeness (QED) is 0.659. The molecule has 1 aromatic heterocycles. The molecule has 0 aliphatic carbocycles. The molecule has 0 bridgehead atoms. The van der Waals surface area contributed by atoms with Crippen LogP contribution in [0.1, 0.15) is 21.6 Å². The summed E-state index contributed by atoms with van der Waals surface area (Å²) in [4.78, 5) is 14.4. The lowest BCUT2D eigenvalue weighted by atomic mass is 10.1. The summed E-state index contributed by atoms with van der Waals surface area (Å²) < 4.78 is 0. The van der Waals surface area contributed by atoms with Gasteiger partial charge in [0.05, 0.1) is 5.56 Å². The first kappa shape index (κ1) is 7.72. The molecule has 1 aromatic rings. The molecule has 1 N–H and O–H groups in total.